The molecular weight excluding hydrogens is 234 g/mol. The minimum atomic E-state index is -0.736. The molecule has 18 heavy (non-hydrogen) atoms. The van der Waals surface area contributed by atoms with E-state index in [-0.39, 0.29) is 17.7 Å². The zero-order valence-electron chi connectivity index (χ0n) is 11.0. The Morgan fingerprint density at radius 3 is 2.67 bits per heavy atom. The topological polar surface area (TPSA) is 98.2 Å². The molecule has 1 heterocycles. The van der Waals surface area contributed by atoms with Gasteiger partial charge in [0.05, 0.1) is 0 Å². The average molecular weight is 253 g/mol. The normalized spacial score (nSPS) is 20.4. The summed E-state index contributed by atoms with van der Waals surface area (Å²) in [6.07, 6.45) is 1.46. The van der Waals surface area contributed by atoms with E-state index < -0.39 is 12.1 Å². The summed E-state index contributed by atoms with van der Waals surface area (Å²) in [4.78, 5) is 28.2. The molecule has 7 heteroatoms. The van der Waals surface area contributed by atoms with Gasteiger partial charge in [-0.3, -0.25) is 9.59 Å². The van der Waals surface area contributed by atoms with Crippen molar-refractivity contribution in [2.75, 3.05) is 13.6 Å². The van der Waals surface area contributed by atoms with Crippen molar-refractivity contribution in [3.8, 4) is 0 Å². The molecule has 0 aromatic rings. The van der Waals surface area contributed by atoms with Crippen LogP contribution in [0.5, 0.6) is 0 Å². The lowest BCUT2D eigenvalue weighted by molar-refractivity contribution is -0.139. The summed E-state index contributed by atoms with van der Waals surface area (Å²) in [5.41, 5.74) is 8.51. The van der Waals surface area contributed by atoms with Crippen LogP contribution >= 0.6 is 0 Å². The molecule has 1 rings (SSSR count). The second-order valence-electron chi connectivity index (χ2n) is 4.70. The van der Waals surface area contributed by atoms with Gasteiger partial charge in [-0.05, 0) is 24.3 Å². The SMILES string of the molecule is CNC(=O)C1CCCN1C(=O)C(N=[N+]=[N-])C(C)C. The maximum atomic E-state index is 12.3. The van der Waals surface area contributed by atoms with Gasteiger partial charge < -0.3 is 10.2 Å². The van der Waals surface area contributed by atoms with E-state index in [1.807, 2.05) is 13.8 Å². The zero-order valence-corrected chi connectivity index (χ0v) is 11.0. The van der Waals surface area contributed by atoms with Crippen molar-refractivity contribution in [3.63, 3.8) is 0 Å². The van der Waals surface area contributed by atoms with Crippen molar-refractivity contribution in [2.45, 2.75) is 38.8 Å². The van der Waals surface area contributed by atoms with Crippen LogP contribution in [0.25, 0.3) is 10.4 Å². The molecule has 0 saturated carbocycles. The third-order valence-corrected chi connectivity index (χ3v) is 3.15. The van der Waals surface area contributed by atoms with Crippen molar-refractivity contribution < 1.29 is 9.59 Å². The standard InChI is InChI=1S/C11H19N5O2/c1-7(2)9(14-15-12)11(18)16-6-4-5-8(16)10(17)13-3/h7-9H,4-6H2,1-3H3,(H,13,17). The van der Waals surface area contributed by atoms with Crippen LogP contribution in [0.4, 0.5) is 0 Å². The molecule has 1 aliphatic heterocycles. The molecule has 1 fully saturated rings. The second kappa shape index (κ2) is 6.26. The van der Waals surface area contributed by atoms with Gasteiger partial charge >= 0.3 is 0 Å². The quantitative estimate of drug-likeness (QED) is 0.460. The van der Waals surface area contributed by atoms with Gasteiger partial charge in [0.2, 0.25) is 11.8 Å². The number of rotatable bonds is 4. The Labute approximate surface area is 106 Å². The molecular formula is C11H19N5O2. The van der Waals surface area contributed by atoms with E-state index in [0.717, 1.165) is 6.42 Å². The van der Waals surface area contributed by atoms with E-state index in [4.69, 9.17) is 5.53 Å². The predicted molar refractivity (Wildman–Crippen MR) is 66.6 cm³/mol. The van der Waals surface area contributed by atoms with Gasteiger partial charge in [-0.1, -0.05) is 19.0 Å². The molecule has 2 unspecified atom stereocenters. The van der Waals surface area contributed by atoms with Gasteiger partial charge in [0.1, 0.15) is 12.1 Å². The third-order valence-electron chi connectivity index (χ3n) is 3.15. The Bertz CT molecular complexity index is 376. The molecule has 0 bridgehead atoms. The van der Waals surface area contributed by atoms with Crippen molar-refractivity contribution in [1.82, 2.24) is 10.2 Å². The molecule has 100 valence electrons. The van der Waals surface area contributed by atoms with Crippen LogP contribution in [0.3, 0.4) is 0 Å². The van der Waals surface area contributed by atoms with Crippen molar-refractivity contribution in [3.05, 3.63) is 10.4 Å². The van der Waals surface area contributed by atoms with E-state index in [0.29, 0.717) is 13.0 Å². The molecule has 1 saturated heterocycles. The maximum absolute atomic E-state index is 12.3. The lowest BCUT2D eigenvalue weighted by Crippen LogP contribution is -2.49. The fourth-order valence-electron chi connectivity index (χ4n) is 2.16. The highest BCUT2D eigenvalue weighted by atomic mass is 16.2. The van der Waals surface area contributed by atoms with Gasteiger partial charge in [0, 0.05) is 18.5 Å². The predicted octanol–water partition coefficient (Wildman–Crippen LogP) is 1.06. The summed E-state index contributed by atoms with van der Waals surface area (Å²) in [6.45, 7) is 4.19. The number of azide groups is 1. The molecule has 2 atom stereocenters. The first-order chi connectivity index (χ1) is 8.52. The van der Waals surface area contributed by atoms with Gasteiger partial charge in [0.15, 0.2) is 0 Å². The molecule has 0 radical (unpaired) electrons. The summed E-state index contributed by atoms with van der Waals surface area (Å²) in [5.74, 6) is -0.502. The third kappa shape index (κ3) is 2.92. The molecule has 1 N–H and O–H groups in total. The molecule has 7 nitrogen and oxygen atoms in total. The highest BCUT2D eigenvalue weighted by Gasteiger charge is 2.37. The number of nitrogens with zero attached hydrogens (tertiary/aromatic N) is 4. The molecule has 0 aromatic carbocycles. The van der Waals surface area contributed by atoms with Crippen LogP contribution in [0.2, 0.25) is 0 Å². The van der Waals surface area contributed by atoms with Crippen molar-refractivity contribution in [1.29, 1.82) is 0 Å². The fraction of sp³-hybridized carbons (Fsp3) is 0.818. The van der Waals surface area contributed by atoms with Crippen molar-refractivity contribution in [2.24, 2.45) is 11.0 Å². The van der Waals surface area contributed by atoms with E-state index in [1.54, 1.807) is 7.05 Å². The minimum Gasteiger partial charge on any atom is -0.357 e. The zero-order chi connectivity index (χ0) is 13.7. The first-order valence-corrected chi connectivity index (χ1v) is 6.09. The van der Waals surface area contributed by atoms with Crippen LogP contribution < -0.4 is 5.32 Å². The van der Waals surface area contributed by atoms with E-state index in [1.165, 1.54) is 4.90 Å². The summed E-state index contributed by atoms with van der Waals surface area (Å²) in [6, 6.07) is -1.17. The maximum Gasteiger partial charge on any atom is 0.242 e. The minimum absolute atomic E-state index is 0.0839. The summed E-state index contributed by atoms with van der Waals surface area (Å²) in [5, 5.41) is 6.10. The lowest BCUT2D eigenvalue weighted by Gasteiger charge is -2.27. The smallest absolute Gasteiger partial charge is 0.242 e. The van der Waals surface area contributed by atoms with Crippen LogP contribution in [0.1, 0.15) is 26.7 Å². The van der Waals surface area contributed by atoms with Gasteiger partial charge in [-0.15, -0.1) is 0 Å². The monoisotopic (exact) mass is 253 g/mol. The first kappa shape index (κ1) is 14.3. The second-order valence-corrected chi connectivity index (χ2v) is 4.70. The molecule has 2 amide bonds. The number of carbonyl (C=O) groups is 2. The van der Waals surface area contributed by atoms with E-state index in [2.05, 4.69) is 15.3 Å². The molecule has 1 aliphatic rings. The Kier molecular flexibility index (Phi) is 4.97. The Balaban J connectivity index is 2.87. The Morgan fingerprint density at radius 1 is 1.50 bits per heavy atom. The molecule has 0 aromatic heterocycles. The number of hydrogen-bond donors (Lipinski definition) is 1. The number of likely N-dealkylation sites (tertiary alicyclic amines) is 1. The Hall–Kier alpha value is -1.75. The summed E-state index contributed by atoms with van der Waals surface area (Å²) >= 11 is 0. The highest BCUT2D eigenvalue weighted by Crippen LogP contribution is 2.21. The highest BCUT2D eigenvalue weighted by molar-refractivity contribution is 5.90. The van der Waals surface area contributed by atoms with Crippen LogP contribution in [-0.2, 0) is 9.59 Å². The number of carbonyl (C=O) groups excluding carboxylic acids is 2. The van der Waals surface area contributed by atoms with Gasteiger partial charge in [-0.2, -0.15) is 0 Å². The molecule has 0 spiro atoms. The number of likely N-dealkylation sites (N-methyl/N-ethyl adjacent to an activating group) is 1. The summed E-state index contributed by atoms with van der Waals surface area (Å²) in [7, 11) is 1.55. The number of amides is 2. The van der Waals surface area contributed by atoms with Gasteiger partial charge in [-0.25, -0.2) is 0 Å². The van der Waals surface area contributed by atoms with Crippen LogP contribution in [0, 0.1) is 5.92 Å². The summed E-state index contributed by atoms with van der Waals surface area (Å²) < 4.78 is 0. The van der Waals surface area contributed by atoms with Crippen molar-refractivity contribution >= 4 is 11.8 Å². The Morgan fingerprint density at radius 2 is 2.17 bits per heavy atom. The average Bonchev–Trinajstić information content (AvgIpc) is 2.82. The molecule has 0 aliphatic carbocycles. The number of nitrogens with one attached hydrogen (secondary N) is 1. The van der Waals surface area contributed by atoms with E-state index in [9.17, 15) is 9.59 Å². The van der Waals surface area contributed by atoms with E-state index >= 15 is 0 Å². The first-order valence-electron chi connectivity index (χ1n) is 6.09. The fourth-order valence-corrected chi connectivity index (χ4v) is 2.16. The van der Waals surface area contributed by atoms with Crippen LogP contribution in [-0.4, -0.2) is 42.4 Å². The van der Waals surface area contributed by atoms with Gasteiger partial charge in [0.25, 0.3) is 0 Å². The van der Waals surface area contributed by atoms with Crippen LogP contribution in [0.15, 0.2) is 5.11 Å². The largest absolute Gasteiger partial charge is 0.357 e. The lowest BCUT2D eigenvalue weighted by atomic mass is 10.0. The number of hydrogen-bond acceptors (Lipinski definition) is 3.